The summed E-state index contributed by atoms with van der Waals surface area (Å²) in [5, 5.41) is 10.6. The van der Waals surface area contributed by atoms with E-state index in [2.05, 4.69) is 58.8 Å². The lowest BCUT2D eigenvalue weighted by molar-refractivity contribution is -0.192. The maximum atomic E-state index is 10.6. The molecule has 37 heavy (non-hydrogen) atoms. The van der Waals surface area contributed by atoms with Gasteiger partial charge in [-0.25, -0.2) is 9.78 Å². The SMILES string of the molecule is Nc1cccc(CNCc2ccc(-c3ccc(-c4nc5ccccc5[nH]4)s3)cc2)c1.O=C(O)C(F)(F)F. The predicted molar refractivity (Wildman–Crippen MR) is 140 cm³/mol. The first-order valence-corrected chi connectivity index (χ1v) is 12.0. The van der Waals surface area contributed by atoms with Crippen molar-refractivity contribution in [1.29, 1.82) is 0 Å². The van der Waals surface area contributed by atoms with Crippen molar-refractivity contribution >= 4 is 34.0 Å². The van der Waals surface area contributed by atoms with Crippen LogP contribution >= 0.6 is 11.3 Å². The van der Waals surface area contributed by atoms with Crippen LogP contribution in [0, 0.1) is 0 Å². The zero-order chi connectivity index (χ0) is 26.4. The number of carboxylic acids is 1. The minimum atomic E-state index is -5.08. The number of aliphatic carboxylic acids is 1. The number of hydrogen-bond donors (Lipinski definition) is 4. The van der Waals surface area contributed by atoms with E-state index in [9.17, 15) is 13.2 Å². The molecule has 0 fully saturated rings. The van der Waals surface area contributed by atoms with Gasteiger partial charge in [-0.05, 0) is 53.1 Å². The van der Waals surface area contributed by atoms with Gasteiger partial charge < -0.3 is 21.1 Å². The molecule has 5 N–H and O–H groups in total. The first-order valence-electron chi connectivity index (χ1n) is 11.2. The molecule has 0 unspecified atom stereocenters. The molecular formula is C27H23F3N4O2S. The van der Waals surface area contributed by atoms with Crippen molar-refractivity contribution < 1.29 is 23.1 Å². The summed E-state index contributed by atoms with van der Waals surface area (Å²) >= 11 is 1.76. The maximum Gasteiger partial charge on any atom is 0.490 e. The molecule has 5 rings (SSSR count). The highest BCUT2D eigenvalue weighted by Crippen LogP contribution is 2.34. The highest BCUT2D eigenvalue weighted by molar-refractivity contribution is 7.18. The van der Waals surface area contributed by atoms with E-state index < -0.39 is 12.1 Å². The average Bonchev–Trinajstić information content (AvgIpc) is 3.52. The van der Waals surface area contributed by atoms with E-state index in [-0.39, 0.29) is 0 Å². The molecule has 2 heterocycles. The number of aromatic amines is 1. The summed E-state index contributed by atoms with van der Waals surface area (Å²) in [6, 6.07) is 29.2. The van der Waals surface area contributed by atoms with Gasteiger partial charge >= 0.3 is 12.1 Å². The summed E-state index contributed by atoms with van der Waals surface area (Å²) in [4.78, 5) is 19.4. The molecule has 0 amide bonds. The Hall–Kier alpha value is -4.15. The predicted octanol–water partition coefficient (Wildman–Crippen LogP) is 6.46. The lowest BCUT2D eigenvalue weighted by Crippen LogP contribution is -2.21. The number of carboxylic acid groups (broad SMARTS) is 1. The minimum absolute atomic E-state index is 0.802. The zero-order valence-electron chi connectivity index (χ0n) is 19.4. The Morgan fingerprint density at radius 2 is 1.59 bits per heavy atom. The molecule has 6 nitrogen and oxygen atoms in total. The number of nitrogens with two attached hydrogens (primary N) is 1. The summed E-state index contributed by atoms with van der Waals surface area (Å²) in [5.41, 5.74) is 12.4. The number of nitrogen functional groups attached to an aromatic ring is 1. The normalized spacial score (nSPS) is 11.2. The van der Waals surface area contributed by atoms with Crippen molar-refractivity contribution in [3.8, 4) is 21.1 Å². The molecule has 10 heteroatoms. The monoisotopic (exact) mass is 524 g/mol. The summed E-state index contributed by atoms with van der Waals surface area (Å²) in [5.74, 6) is -1.83. The minimum Gasteiger partial charge on any atom is -0.475 e. The molecule has 2 aromatic heterocycles. The van der Waals surface area contributed by atoms with Crippen LogP contribution in [0.1, 0.15) is 11.1 Å². The fraction of sp³-hybridized carbons (Fsp3) is 0.111. The lowest BCUT2D eigenvalue weighted by atomic mass is 10.1. The molecule has 3 aromatic carbocycles. The number of fused-ring (bicyclic) bond motifs is 1. The third-order valence-corrected chi connectivity index (χ3v) is 6.46. The number of H-pyrrole nitrogens is 1. The second-order valence-electron chi connectivity index (χ2n) is 8.11. The van der Waals surface area contributed by atoms with E-state index >= 15 is 0 Å². The summed E-state index contributed by atoms with van der Waals surface area (Å²) < 4.78 is 31.7. The van der Waals surface area contributed by atoms with Crippen LogP contribution in [-0.2, 0) is 17.9 Å². The van der Waals surface area contributed by atoms with Crippen LogP contribution in [0.4, 0.5) is 18.9 Å². The first kappa shape index (κ1) is 25.9. The van der Waals surface area contributed by atoms with Crippen LogP contribution in [-0.4, -0.2) is 27.2 Å². The Morgan fingerprint density at radius 1 is 0.919 bits per heavy atom. The number of nitrogens with one attached hydrogen (secondary N) is 2. The van der Waals surface area contributed by atoms with Gasteiger partial charge in [0, 0.05) is 23.7 Å². The third kappa shape index (κ3) is 6.96. The van der Waals surface area contributed by atoms with E-state index in [4.69, 9.17) is 20.6 Å². The number of thiophene rings is 1. The van der Waals surface area contributed by atoms with E-state index in [0.717, 1.165) is 40.5 Å². The fourth-order valence-corrected chi connectivity index (χ4v) is 4.49. The molecule has 0 saturated carbocycles. The van der Waals surface area contributed by atoms with Gasteiger partial charge in [0.2, 0.25) is 0 Å². The van der Waals surface area contributed by atoms with Crippen LogP contribution in [0.5, 0.6) is 0 Å². The number of para-hydroxylation sites is 2. The molecule has 0 radical (unpaired) electrons. The topological polar surface area (TPSA) is 104 Å². The van der Waals surface area contributed by atoms with Crippen molar-refractivity contribution in [2.75, 3.05) is 5.73 Å². The molecule has 0 saturated heterocycles. The molecule has 0 bridgehead atoms. The Balaban J connectivity index is 0.000000405. The number of aromatic nitrogens is 2. The van der Waals surface area contributed by atoms with Gasteiger partial charge in [-0.15, -0.1) is 11.3 Å². The smallest absolute Gasteiger partial charge is 0.475 e. The summed E-state index contributed by atoms with van der Waals surface area (Å²) in [7, 11) is 0. The Morgan fingerprint density at radius 3 is 2.27 bits per heavy atom. The van der Waals surface area contributed by atoms with Gasteiger partial charge in [-0.3, -0.25) is 0 Å². The summed E-state index contributed by atoms with van der Waals surface area (Å²) in [6.07, 6.45) is -5.08. The van der Waals surface area contributed by atoms with E-state index in [1.54, 1.807) is 11.3 Å². The van der Waals surface area contributed by atoms with E-state index in [1.807, 2.05) is 36.4 Å². The van der Waals surface area contributed by atoms with Crippen molar-refractivity contribution in [3.63, 3.8) is 0 Å². The molecule has 190 valence electrons. The maximum absolute atomic E-state index is 10.6. The molecule has 0 aliphatic heterocycles. The van der Waals surface area contributed by atoms with Gasteiger partial charge in [0.25, 0.3) is 0 Å². The quantitative estimate of drug-likeness (QED) is 0.191. The molecule has 5 aromatic rings. The van der Waals surface area contributed by atoms with E-state index in [0.29, 0.717) is 0 Å². The Bertz CT molecular complexity index is 1460. The molecule has 0 aliphatic rings. The second kappa shape index (κ2) is 11.3. The number of alkyl halides is 3. The molecule has 0 spiro atoms. The number of rotatable bonds is 6. The Kier molecular flexibility index (Phi) is 7.90. The number of carbonyl (C=O) groups is 1. The van der Waals surface area contributed by atoms with Gasteiger partial charge in [-0.2, -0.15) is 13.2 Å². The largest absolute Gasteiger partial charge is 0.490 e. The van der Waals surface area contributed by atoms with Gasteiger partial charge in [0.1, 0.15) is 5.82 Å². The first-order chi connectivity index (χ1) is 17.7. The number of imidazole rings is 1. The van der Waals surface area contributed by atoms with Crippen LogP contribution < -0.4 is 11.1 Å². The second-order valence-corrected chi connectivity index (χ2v) is 9.20. The van der Waals surface area contributed by atoms with Crippen LogP contribution in [0.15, 0.2) is 84.9 Å². The van der Waals surface area contributed by atoms with E-state index in [1.165, 1.54) is 21.6 Å². The van der Waals surface area contributed by atoms with Crippen molar-refractivity contribution in [1.82, 2.24) is 15.3 Å². The van der Waals surface area contributed by atoms with Crippen molar-refractivity contribution in [2.24, 2.45) is 0 Å². The zero-order valence-corrected chi connectivity index (χ0v) is 20.2. The fourth-order valence-electron chi connectivity index (χ4n) is 3.53. The Labute approximate surface area is 214 Å². The number of halogens is 3. The van der Waals surface area contributed by atoms with Crippen molar-refractivity contribution in [2.45, 2.75) is 19.3 Å². The van der Waals surface area contributed by atoms with Crippen molar-refractivity contribution in [3.05, 3.63) is 96.1 Å². The molecule has 0 atom stereocenters. The van der Waals surface area contributed by atoms with Crippen LogP contribution in [0.3, 0.4) is 0 Å². The highest BCUT2D eigenvalue weighted by Gasteiger charge is 2.38. The standard InChI is InChI=1S/C25H22N4S.C2HF3O2/c26-20-5-3-4-18(14-20)16-27-15-17-8-10-19(11-9-17)23-12-13-24(30-23)25-28-21-6-1-2-7-22(21)29-25;3-2(4,5)1(6)7/h1-14,27H,15-16,26H2,(H,28,29);(H,6,7). The van der Waals surface area contributed by atoms with Crippen LogP contribution in [0.2, 0.25) is 0 Å². The van der Waals surface area contributed by atoms with Crippen LogP contribution in [0.25, 0.3) is 32.2 Å². The lowest BCUT2D eigenvalue weighted by Gasteiger charge is -2.07. The average molecular weight is 525 g/mol. The van der Waals surface area contributed by atoms with Gasteiger partial charge in [-0.1, -0.05) is 48.5 Å². The summed E-state index contributed by atoms with van der Waals surface area (Å²) in [6.45, 7) is 1.63. The number of anilines is 1. The number of hydrogen-bond acceptors (Lipinski definition) is 5. The van der Waals surface area contributed by atoms with Gasteiger partial charge in [0.15, 0.2) is 0 Å². The number of benzene rings is 3. The van der Waals surface area contributed by atoms with Gasteiger partial charge in [0.05, 0.1) is 15.9 Å². The third-order valence-electron chi connectivity index (χ3n) is 5.32. The molecule has 0 aliphatic carbocycles. The molecular weight excluding hydrogens is 501 g/mol. The number of nitrogens with zero attached hydrogens (tertiary/aromatic N) is 1. The highest BCUT2D eigenvalue weighted by atomic mass is 32.1.